The maximum absolute atomic E-state index is 12.7. The van der Waals surface area contributed by atoms with Crippen molar-refractivity contribution < 1.29 is 63.7 Å². The summed E-state index contributed by atoms with van der Waals surface area (Å²) in [7, 11) is 0. The van der Waals surface area contributed by atoms with Crippen LogP contribution in [0.25, 0.3) is 0 Å². The normalized spacial score (nSPS) is 31.6. The minimum Gasteiger partial charge on any atom is -0.479 e. The van der Waals surface area contributed by atoms with Crippen molar-refractivity contribution in [2.75, 3.05) is 6.61 Å². The van der Waals surface area contributed by atoms with Gasteiger partial charge >= 0.3 is 23.9 Å². The van der Waals surface area contributed by atoms with Crippen LogP contribution in [-0.2, 0) is 44.5 Å². The molecule has 0 aliphatic carbocycles. The number of carbonyl (C=O) groups is 4. The van der Waals surface area contributed by atoms with Crippen LogP contribution in [0.3, 0.4) is 0 Å². The predicted molar refractivity (Wildman–Crippen MR) is 143 cm³/mol. The van der Waals surface area contributed by atoms with Crippen LogP contribution in [0.1, 0.15) is 52.0 Å². The molecule has 2 bridgehead atoms. The van der Waals surface area contributed by atoms with Crippen LogP contribution < -0.4 is 0 Å². The average Bonchev–Trinajstić information content (AvgIpc) is 3.14. The van der Waals surface area contributed by atoms with Gasteiger partial charge in [0.1, 0.15) is 18.3 Å². The molecule has 42 heavy (non-hydrogen) atoms. The molecule has 232 valence electrons. The lowest BCUT2D eigenvalue weighted by molar-refractivity contribution is -0.374. The highest BCUT2D eigenvalue weighted by Gasteiger charge is 2.85. The number of aliphatic hydroxyl groups excluding tert-OH is 1. The van der Waals surface area contributed by atoms with Gasteiger partial charge in [-0.05, 0) is 30.4 Å². The molecule has 2 heterocycles. The van der Waals surface area contributed by atoms with Gasteiger partial charge in [-0.3, -0.25) is 4.79 Å². The summed E-state index contributed by atoms with van der Waals surface area (Å²) in [5.41, 5.74) is -5.66. The molecule has 1 aromatic rings. The van der Waals surface area contributed by atoms with Gasteiger partial charge in [-0.15, -0.1) is 0 Å². The largest absolute Gasteiger partial charge is 0.479 e. The lowest BCUT2D eigenvalue weighted by Gasteiger charge is -2.49. The number of carboxylic acid groups (broad SMARTS) is 3. The Morgan fingerprint density at radius 1 is 1.10 bits per heavy atom. The van der Waals surface area contributed by atoms with Gasteiger partial charge in [0.05, 0.1) is 0 Å². The highest BCUT2D eigenvalue weighted by atomic mass is 16.8. The molecular weight excluding hydrogens is 556 g/mol. The third kappa shape index (κ3) is 5.79. The van der Waals surface area contributed by atoms with Gasteiger partial charge in [-0.2, -0.15) is 0 Å². The van der Waals surface area contributed by atoms with Crippen LogP contribution >= 0.6 is 0 Å². The zero-order valence-corrected chi connectivity index (χ0v) is 23.7. The zero-order chi connectivity index (χ0) is 31.5. The quantitative estimate of drug-likeness (QED) is 0.111. The fourth-order valence-electron chi connectivity index (χ4n) is 5.71. The molecule has 2 aliphatic rings. The molecule has 13 heteroatoms. The molecule has 0 radical (unpaired) electrons. The number of carbonyl (C=O) groups excluding carboxylic acids is 1. The number of hydrogen-bond donors (Lipinski definition) is 5. The second-order valence-corrected chi connectivity index (χ2v) is 10.8. The van der Waals surface area contributed by atoms with E-state index in [1.165, 1.54) is 6.92 Å². The molecular formula is C29H38O13. The topological polar surface area (TPSA) is 206 Å². The second-order valence-electron chi connectivity index (χ2n) is 10.8. The first-order valence-electron chi connectivity index (χ1n) is 13.7. The van der Waals surface area contributed by atoms with Crippen LogP contribution in [0.2, 0.25) is 0 Å². The summed E-state index contributed by atoms with van der Waals surface area (Å²) in [6, 6.07) is 9.39. The minimum absolute atomic E-state index is 0.136. The molecule has 3 rings (SSSR count). The van der Waals surface area contributed by atoms with E-state index in [0.29, 0.717) is 24.8 Å². The molecule has 0 amide bonds. The molecule has 2 saturated heterocycles. The van der Waals surface area contributed by atoms with E-state index in [-0.39, 0.29) is 18.9 Å². The fourth-order valence-corrected chi connectivity index (χ4v) is 5.71. The molecule has 13 nitrogen and oxygen atoms in total. The lowest BCUT2D eigenvalue weighted by atomic mass is 9.74. The van der Waals surface area contributed by atoms with Crippen molar-refractivity contribution in [2.24, 2.45) is 5.92 Å². The molecule has 0 saturated carbocycles. The van der Waals surface area contributed by atoms with E-state index in [1.807, 2.05) is 37.3 Å². The molecule has 2 aliphatic heterocycles. The van der Waals surface area contributed by atoms with Crippen molar-refractivity contribution in [3.05, 3.63) is 48.0 Å². The van der Waals surface area contributed by atoms with Crippen LogP contribution in [0.4, 0.5) is 0 Å². The van der Waals surface area contributed by atoms with E-state index >= 15 is 0 Å². The number of fused-ring (bicyclic) bond motifs is 2. The van der Waals surface area contributed by atoms with E-state index in [1.54, 1.807) is 6.92 Å². The second kappa shape index (κ2) is 12.9. The van der Waals surface area contributed by atoms with Crippen LogP contribution in [0.15, 0.2) is 42.5 Å². The van der Waals surface area contributed by atoms with Gasteiger partial charge in [-0.1, -0.05) is 57.2 Å². The number of benzene rings is 1. The number of esters is 1. The van der Waals surface area contributed by atoms with Gasteiger partial charge in [-0.25, -0.2) is 14.4 Å². The zero-order valence-electron chi connectivity index (χ0n) is 23.7. The predicted octanol–water partition coefficient (Wildman–Crippen LogP) is 1.53. The number of hydrogen-bond acceptors (Lipinski definition) is 10. The number of rotatable bonds is 15. The third-order valence-corrected chi connectivity index (χ3v) is 7.81. The Morgan fingerprint density at radius 3 is 2.26 bits per heavy atom. The first-order chi connectivity index (χ1) is 19.7. The van der Waals surface area contributed by atoms with Gasteiger partial charge < -0.3 is 44.5 Å². The van der Waals surface area contributed by atoms with Crippen molar-refractivity contribution in [3.8, 4) is 0 Å². The van der Waals surface area contributed by atoms with Crippen molar-refractivity contribution in [1.29, 1.82) is 0 Å². The standard InChI is InChI=1S/C29H38O13/c1-5-6-14-39-22-21(31)27(41-23(24(32)33)28(38,25(34)35)29(22,42-27)26(36)37)13-12-16(2)20(40-18(4)30)17(3)15-19-10-8-7-9-11-19/h7-11,17,20-23,31,38H,2,5-6,12-15H2,1,3-4H3,(H,32,33)(H,34,35)(H,36,37)/t17-,20-,21-,22-,23?,27?,28?,29?/m1/s1. The molecule has 2 fully saturated rings. The summed E-state index contributed by atoms with van der Waals surface area (Å²) in [5.74, 6) is -9.61. The summed E-state index contributed by atoms with van der Waals surface area (Å²) in [6.45, 7) is 8.74. The fraction of sp³-hybridized carbons (Fsp3) is 0.586. The maximum atomic E-state index is 12.7. The van der Waals surface area contributed by atoms with Gasteiger partial charge in [0.25, 0.3) is 0 Å². The van der Waals surface area contributed by atoms with Crippen molar-refractivity contribution in [2.45, 2.75) is 94.3 Å². The molecule has 1 aromatic carbocycles. The first kappa shape index (κ1) is 33.1. The van der Waals surface area contributed by atoms with E-state index in [9.17, 15) is 44.7 Å². The highest BCUT2D eigenvalue weighted by Crippen LogP contribution is 2.55. The van der Waals surface area contributed by atoms with Gasteiger partial charge in [0, 0.05) is 25.9 Å². The van der Waals surface area contributed by atoms with E-state index in [4.69, 9.17) is 18.9 Å². The van der Waals surface area contributed by atoms with Crippen molar-refractivity contribution in [3.63, 3.8) is 0 Å². The molecule has 0 spiro atoms. The lowest BCUT2D eigenvalue weighted by Crippen LogP contribution is -2.78. The van der Waals surface area contributed by atoms with Gasteiger partial charge in [0.15, 0.2) is 5.79 Å². The minimum atomic E-state index is -3.69. The maximum Gasteiger partial charge on any atom is 0.343 e. The number of aliphatic hydroxyl groups is 2. The Labute approximate surface area is 242 Å². The number of ether oxygens (including phenoxy) is 4. The van der Waals surface area contributed by atoms with Crippen molar-refractivity contribution in [1.82, 2.24) is 0 Å². The number of aliphatic carboxylic acids is 3. The van der Waals surface area contributed by atoms with Crippen LogP contribution in [-0.4, -0.2) is 97.4 Å². The van der Waals surface area contributed by atoms with E-state index in [0.717, 1.165) is 5.56 Å². The highest BCUT2D eigenvalue weighted by molar-refractivity contribution is 5.97. The summed E-state index contributed by atoms with van der Waals surface area (Å²) >= 11 is 0. The smallest absolute Gasteiger partial charge is 0.343 e. The first-order valence-corrected chi connectivity index (χ1v) is 13.7. The van der Waals surface area contributed by atoms with Crippen LogP contribution in [0.5, 0.6) is 0 Å². The van der Waals surface area contributed by atoms with E-state index < -0.39 is 71.7 Å². The van der Waals surface area contributed by atoms with Gasteiger partial charge in [0.2, 0.25) is 17.3 Å². The third-order valence-electron chi connectivity index (χ3n) is 7.81. The molecule has 4 unspecified atom stereocenters. The Kier molecular flexibility index (Phi) is 10.2. The Balaban J connectivity index is 1.99. The molecule has 5 N–H and O–H groups in total. The summed E-state index contributed by atoms with van der Waals surface area (Å²) in [5, 5.41) is 52.7. The molecule has 8 atom stereocenters. The van der Waals surface area contributed by atoms with E-state index in [2.05, 4.69) is 6.58 Å². The Bertz CT molecular complexity index is 1190. The summed E-state index contributed by atoms with van der Waals surface area (Å²) in [6.07, 6.45) is -6.68. The Hall–Kier alpha value is -3.36. The monoisotopic (exact) mass is 594 g/mol. The summed E-state index contributed by atoms with van der Waals surface area (Å²) < 4.78 is 22.3. The Morgan fingerprint density at radius 2 is 1.74 bits per heavy atom. The van der Waals surface area contributed by atoms with Crippen LogP contribution in [0, 0.1) is 5.92 Å². The number of carboxylic acids is 3. The molecule has 0 aromatic heterocycles. The van der Waals surface area contributed by atoms with Crippen molar-refractivity contribution >= 4 is 23.9 Å². The average molecular weight is 595 g/mol. The summed E-state index contributed by atoms with van der Waals surface area (Å²) in [4.78, 5) is 49.2. The SMILES string of the molecule is C=C(CCC12OC(C(=O)O)C(O)(C(=O)O)C(C(=O)O)(O1)[C@H](OCCCC)[C@H]2O)[C@@H](OC(C)=O)[C@H](C)Cc1ccccc1. The number of unbranched alkanes of at least 4 members (excludes halogenated alkanes) is 1.